The Kier molecular flexibility index (Phi) is 6.52. The monoisotopic (exact) mass is 296 g/mol. The molecular formula is C15H21ClN2O2. The topological polar surface area (TPSA) is 58.2 Å². The fraction of sp³-hybridized carbons (Fsp3) is 0.467. The number of carbonyl (C=O) groups excluding carboxylic acids is 2. The van der Waals surface area contributed by atoms with E-state index in [1.54, 1.807) is 31.2 Å². The third kappa shape index (κ3) is 6.06. The molecule has 0 radical (unpaired) electrons. The largest absolute Gasteiger partial charge is 0.337 e. The first-order valence-corrected chi connectivity index (χ1v) is 7.07. The summed E-state index contributed by atoms with van der Waals surface area (Å²) in [6.45, 7) is 6.03. The third-order valence-corrected chi connectivity index (χ3v) is 3.19. The van der Waals surface area contributed by atoms with Gasteiger partial charge in [-0.2, -0.15) is 0 Å². The number of halogens is 1. The average Bonchev–Trinajstić information content (AvgIpc) is 2.36. The first kappa shape index (κ1) is 16.5. The number of ketones is 1. The van der Waals surface area contributed by atoms with Crippen molar-refractivity contribution in [3.05, 3.63) is 29.3 Å². The molecule has 0 heterocycles. The van der Waals surface area contributed by atoms with Crippen molar-refractivity contribution in [2.24, 2.45) is 11.8 Å². The highest BCUT2D eigenvalue weighted by Crippen LogP contribution is 2.14. The van der Waals surface area contributed by atoms with Crippen LogP contribution in [0.2, 0.25) is 5.02 Å². The summed E-state index contributed by atoms with van der Waals surface area (Å²) in [5.41, 5.74) is 0.662. The Balaban J connectivity index is 2.45. The number of nitrogens with one attached hydrogen (secondary N) is 2. The summed E-state index contributed by atoms with van der Waals surface area (Å²) in [7, 11) is 0. The van der Waals surface area contributed by atoms with Gasteiger partial charge in [0.1, 0.15) is 5.78 Å². The Morgan fingerprint density at radius 2 is 1.80 bits per heavy atom. The molecule has 0 bridgehead atoms. The molecule has 0 saturated carbocycles. The second-order valence-corrected chi connectivity index (χ2v) is 5.72. The molecule has 0 spiro atoms. The molecule has 4 nitrogen and oxygen atoms in total. The Morgan fingerprint density at radius 1 is 1.20 bits per heavy atom. The number of hydrogen-bond acceptors (Lipinski definition) is 2. The molecule has 0 aliphatic rings. The number of rotatable bonds is 6. The maximum atomic E-state index is 11.7. The van der Waals surface area contributed by atoms with Gasteiger partial charge in [-0.3, -0.25) is 4.79 Å². The maximum Gasteiger partial charge on any atom is 0.319 e. The van der Waals surface area contributed by atoms with Gasteiger partial charge in [-0.05, 0) is 43.5 Å². The molecule has 0 aromatic heterocycles. The molecule has 5 heteroatoms. The molecule has 0 saturated heterocycles. The van der Waals surface area contributed by atoms with Gasteiger partial charge < -0.3 is 10.6 Å². The van der Waals surface area contributed by atoms with E-state index in [9.17, 15) is 9.59 Å². The summed E-state index contributed by atoms with van der Waals surface area (Å²) in [6.07, 6.45) is 0.774. The Morgan fingerprint density at radius 3 is 2.30 bits per heavy atom. The van der Waals surface area contributed by atoms with Gasteiger partial charge in [-0.15, -0.1) is 0 Å². The molecule has 2 amide bonds. The summed E-state index contributed by atoms with van der Waals surface area (Å²) in [6, 6.07) is 6.53. The highest BCUT2D eigenvalue weighted by atomic mass is 35.5. The fourth-order valence-corrected chi connectivity index (χ4v) is 2.01. The molecule has 110 valence electrons. The minimum atomic E-state index is -0.317. The second-order valence-electron chi connectivity index (χ2n) is 5.28. The van der Waals surface area contributed by atoms with E-state index in [2.05, 4.69) is 24.5 Å². The van der Waals surface area contributed by atoms with Crippen LogP contribution in [-0.2, 0) is 4.79 Å². The molecule has 0 aliphatic carbocycles. The predicted octanol–water partition coefficient (Wildman–Crippen LogP) is 3.71. The lowest BCUT2D eigenvalue weighted by atomic mass is 9.94. The third-order valence-electron chi connectivity index (χ3n) is 2.94. The number of benzene rings is 1. The fourth-order valence-electron chi connectivity index (χ4n) is 1.89. The molecule has 20 heavy (non-hydrogen) atoms. The van der Waals surface area contributed by atoms with E-state index in [4.69, 9.17) is 11.6 Å². The van der Waals surface area contributed by atoms with Gasteiger partial charge in [0.15, 0.2) is 0 Å². The minimum absolute atomic E-state index is 0.102. The van der Waals surface area contributed by atoms with Crippen LogP contribution in [0.4, 0.5) is 10.5 Å². The summed E-state index contributed by atoms with van der Waals surface area (Å²) in [5, 5.41) is 6.04. The van der Waals surface area contributed by atoms with Crippen molar-refractivity contribution in [2.75, 3.05) is 11.9 Å². The standard InChI is InChI=1S/C15H21ClN2O2/c1-10(2)8-12(11(3)19)9-17-15(20)18-14-6-4-13(16)5-7-14/h4-7,10,12H,8-9H2,1-3H3,(H2,17,18,20). The molecule has 1 unspecified atom stereocenters. The van der Waals surface area contributed by atoms with Gasteiger partial charge in [-0.1, -0.05) is 25.4 Å². The molecule has 2 N–H and O–H groups in total. The average molecular weight is 297 g/mol. The number of Topliss-reactive ketones (excluding diaryl/α,β-unsaturated/α-hetero) is 1. The lowest BCUT2D eigenvalue weighted by Gasteiger charge is -2.17. The number of urea groups is 1. The van der Waals surface area contributed by atoms with Crippen molar-refractivity contribution in [2.45, 2.75) is 27.2 Å². The molecule has 1 aromatic rings. The molecule has 1 aromatic carbocycles. The second kappa shape index (κ2) is 7.90. The zero-order valence-corrected chi connectivity index (χ0v) is 12.8. The minimum Gasteiger partial charge on any atom is -0.337 e. The van der Waals surface area contributed by atoms with Crippen molar-refractivity contribution >= 4 is 29.1 Å². The first-order valence-electron chi connectivity index (χ1n) is 6.69. The van der Waals surface area contributed by atoms with Crippen molar-refractivity contribution in [1.29, 1.82) is 0 Å². The zero-order chi connectivity index (χ0) is 15.1. The summed E-state index contributed by atoms with van der Waals surface area (Å²) in [4.78, 5) is 23.2. The number of carbonyl (C=O) groups is 2. The molecule has 1 rings (SSSR count). The Labute approximate surface area is 124 Å². The van der Waals surface area contributed by atoms with Crippen molar-refractivity contribution < 1.29 is 9.59 Å². The molecule has 0 fully saturated rings. The normalized spacial score (nSPS) is 12.1. The van der Waals surface area contributed by atoms with Crippen LogP contribution in [0.5, 0.6) is 0 Å². The van der Waals surface area contributed by atoms with E-state index in [0.717, 1.165) is 6.42 Å². The van der Waals surface area contributed by atoms with Crippen molar-refractivity contribution in [3.63, 3.8) is 0 Å². The van der Waals surface area contributed by atoms with E-state index in [1.807, 2.05) is 0 Å². The van der Waals surface area contributed by atoms with Crippen molar-refractivity contribution in [3.8, 4) is 0 Å². The Bertz CT molecular complexity index is 457. The van der Waals surface area contributed by atoms with Crippen LogP contribution in [0.15, 0.2) is 24.3 Å². The van der Waals surface area contributed by atoms with E-state index in [0.29, 0.717) is 23.2 Å². The molecule has 0 aliphatic heterocycles. The van der Waals surface area contributed by atoms with Crippen molar-refractivity contribution in [1.82, 2.24) is 5.32 Å². The van der Waals surface area contributed by atoms with E-state index in [-0.39, 0.29) is 17.7 Å². The summed E-state index contributed by atoms with van der Waals surface area (Å²) < 4.78 is 0. The lowest BCUT2D eigenvalue weighted by Crippen LogP contribution is -2.35. The van der Waals surface area contributed by atoms with Crippen LogP contribution in [-0.4, -0.2) is 18.4 Å². The van der Waals surface area contributed by atoms with Crippen LogP contribution < -0.4 is 10.6 Å². The first-order chi connectivity index (χ1) is 9.38. The highest BCUT2D eigenvalue weighted by molar-refractivity contribution is 6.30. The summed E-state index contributed by atoms with van der Waals surface area (Å²) in [5.74, 6) is 0.390. The highest BCUT2D eigenvalue weighted by Gasteiger charge is 2.16. The number of anilines is 1. The van der Waals surface area contributed by atoms with Crippen LogP contribution in [0.1, 0.15) is 27.2 Å². The zero-order valence-electron chi connectivity index (χ0n) is 12.1. The number of hydrogen-bond donors (Lipinski definition) is 2. The van der Waals surface area contributed by atoms with Gasteiger partial charge in [-0.25, -0.2) is 4.79 Å². The Hall–Kier alpha value is -1.55. The lowest BCUT2D eigenvalue weighted by molar-refractivity contribution is -0.121. The van der Waals surface area contributed by atoms with E-state index < -0.39 is 0 Å². The van der Waals surface area contributed by atoms with E-state index >= 15 is 0 Å². The van der Waals surface area contributed by atoms with Crippen LogP contribution in [0.25, 0.3) is 0 Å². The molecule has 1 atom stereocenters. The van der Waals surface area contributed by atoms with Crippen LogP contribution in [0, 0.1) is 11.8 Å². The maximum absolute atomic E-state index is 11.7. The summed E-state index contributed by atoms with van der Waals surface area (Å²) >= 11 is 5.77. The van der Waals surface area contributed by atoms with Gasteiger partial charge in [0.05, 0.1) is 0 Å². The number of amides is 2. The van der Waals surface area contributed by atoms with Crippen LogP contribution >= 0.6 is 11.6 Å². The van der Waals surface area contributed by atoms with E-state index in [1.165, 1.54) is 0 Å². The van der Waals surface area contributed by atoms with Crippen LogP contribution in [0.3, 0.4) is 0 Å². The van der Waals surface area contributed by atoms with Gasteiger partial charge in [0.2, 0.25) is 0 Å². The molecular weight excluding hydrogens is 276 g/mol. The van der Waals surface area contributed by atoms with Gasteiger partial charge >= 0.3 is 6.03 Å². The van der Waals surface area contributed by atoms with Gasteiger partial charge in [0.25, 0.3) is 0 Å². The SMILES string of the molecule is CC(=O)C(CNC(=O)Nc1ccc(Cl)cc1)CC(C)C. The smallest absolute Gasteiger partial charge is 0.319 e. The van der Waals surface area contributed by atoms with Gasteiger partial charge in [0, 0.05) is 23.2 Å². The quantitative estimate of drug-likeness (QED) is 0.840. The predicted molar refractivity (Wildman–Crippen MR) is 82.1 cm³/mol.